The fourth-order valence-corrected chi connectivity index (χ4v) is 3.38. The topological polar surface area (TPSA) is 68.6 Å². The molecule has 0 spiro atoms. The first-order valence-corrected chi connectivity index (χ1v) is 10.3. The Bertz CT molecular complexity index is 916. The van der Waals surface area contributed by atoms with Crippen molar-refractivity contribution in [1.82, 2.24) is 15.1 Å². The van der Waals surface area contributed by atoms with Gasteiger partial charge in [0.2, 0.25) is 0 Å². The third-order valence-corrected chi connectivity index (χ3v) is 5.15. The summed E-state index contributed by atoms with van der Waals surface area (Å²) in [7, 11) is 0. The summed E-state index contributed by atoms with van der Waals surface area (Å²) in [4.78, 5) is 16.5. The Morgan fingerprint density at radius 2 is 1.56 bits per heavy atom. The maximum absolute atomic E-state index is 12.4. The molecule has 170 valence electrons. The van der Waals surface area contributed by atoms with Gasteiger partial charge in [0, 0.05) is 39.3 Å². The maximum Gasteiger partial charge on any atom is 0.411 e. The van der Waals surface area contributed by atoms with E-state index in [1.54, 1.807) is 41.3 Å². The van der Waals surface area contributed by atoms with Gasteiger partial charge in [0.15, 0.2) is 0 Å². The van der Waals surface area contributed by atoms with Crippen LogP contribution in [0.15, 0.2) is 48.5 Å². The van der Waals surface area contributed by atoms with E-state index >= 15 is 0 Å². The molecule has 0 atom stereocenters. The minimum absolute atomic E-state index is 0.112. The fraction of sp³-hybridized carbons (Fsp3) is 0.391. The van der Waals surface area contributed by atoms with Gasteiger partial charge >= 0.3 is 12.2 Å². The van der Waals surface area contributed by atoms with E-state index in [1.165, 1.54) is 0 Å². The molecule has 0 unspecified atom stereocenters. The zero-order valence-corrected chi connectivity index (χ0v) is 17.6. The molecular weight excluding hydrogens is 421 g/mol. The van der Waals surface area contributed by atoms with Crippen molar-refractivity contribution in [1.29, 1.82) is 5.26 Å². The maximum atomic E-state index is 12.4. The largest absolute Gasteiger partial charge is 0.411 e. The number of piperazine rings is 1. The molecule has 1 saturated heterocycles. The molecule has 0 saturated carbocycles. The normalized spacial score (nSPS) is 14.8. The molecule has 2 amide bonds. The van der Waals surface area contributed by atoms with Crippen LogP contribution in [0.5, 0.6) is 0 Å². The number of hydrogen-bond acceptors (Lipinski definition) is 4. The highest BCUT2D eigenvalue weighted by molar-refractivity contribution is 5.74. The number of nitriles is 1. The van der Waals surface area contributed by atoms with Crippen LogP contribution in [0, 0.1) is 11.3 Å². The van der Waals surface area contributed by atoms with Crippen molar-refractivity contribution in [3.63, 3.8) is 0 Å². The van der Waals surface area contributed by atoms with Gasteiger partial charge in [0.1, 0.15) is 6.61 Å². The molecule has 0 radical (unpaired) electrons. The van der Waals surface area contributed by atoms with Gasteiger partial charge in [-0.25, -0.2) is 4.79 Å². The second-order valence-corrected chi connectivity index (χ2v) is 7.66. The smallest absolute Gasteiger partial charge is 0.367 e. The Kier molecular flexibility index (Phi) is 8.09. The first-order chi connectivity index (χ1) is 15.3. The highest BCUT2D eigenvalue weighted by Gasteiger charge is 2.27. The summed E-state index contributed by atoms with van der Waals surface area (Å²) in [6, 6.07) is 16.4. The molecule has 0 aromatic heterocycles. The summed E-state index contributed by atoms with van der Waals surface area (Å²) in [5.41, 5.74) is 3.27. The molecule has 1 heterocycles. The lowest BCUT2D eigenvalue weighted by Crippen LogP contribution is -2.51. The van der Waals surface area contributed by atoms with E-state index in [4.69, 9.17) is 5.26 Å². The van der Waals surface area contributed by atoms with E-state index in [0.29, 0.717) is 30.8 Å². The minimum Gasteiger partial charge on any atom is -0.367 e. The first kappa shape index (κ1) is 23.6. The standard InChI is InChI=1S/C23H25F3N4O2/c24-23(25,26)17-32-16-21-7-3-19(4-8-21)14-28-22(31)30-11-9-29(10-12-30)15-20-5-1-18(13-27)2-6-20/h1-8H,9-12,14-17H2,(H,28,31). The average molecular weight is 446 g/mol. The number of benzene rings is 2. The summed E-state index contributed by atoms with van der Waals surface area (Å²) in [6.07, 6.45) is -4.33. The molecule has 3 rings (SSSR count). The lowest BCUT2D eigenvalue weighted by atomic mass is 10.1. The predicted molar refractivity (Wildman–Crippen MR) is 112 cm³/mol. The van der Waals surface area contributed by atoms with Crippen LogP contribution in [0.2, 0.25) is 0 Å². The van der Waals surface area contributed by atoms with Gasteiger partial charge in [-0.15, -0.1) is 0 Å². The molecule has 1 fully saturated rings. The predicted octanol–water partition coefficient (Wildman–Crippen LogP) is 3.66. The lowest BCUT2D eigenvalue weighted by Gasteiger charge is -2.34. The van der Waals surface area contributed by atoms with Crippen molar-refractivity contribution in [2.24, 2.45) is 0 Å². The van der Waals surface area contributed by atoms with Crippen LogP contribution in [0.1, 0.15) is 22.3 Å². The quantitative estimate of drug-likeness (QED) is 0.705. The molecule has 0 aliphatic carbocycles. The zero-order valence-electron chi connectivity index (χ0n) is 17.6. The van der Waals surface area contributed by atoms with E-state index in [-0.39, 0.29) is 12.6 Å². The Hall–Kier alpha value is -3.09. The molecule has 6 nitrogen and oxygen atoms in total. The molecule has 32 heavy (non-hydrogen) atoms. The van der Waals surface area contributed by atoms with Gasteiger partial charge in [-0.05, 0) is 28.8 Å². The van der Waals surface area contributed by atoms with E-state index < -0.39 is 12.8 Å². The number of carbonyl (C=O) groups excluding carboxylic acids is 1. The number of amides is 2. The highest BCUT2D eigenvalue weighted by Crippen LogP contribution is 2.16. The Morgan fingerprint density at radius 1 is 0.969 bits per heavy atom. The Morgan fingerprint density at radius 3 is 2.16 bits per heavy atom. The van der Waals surface area contributed by atoms with E-state index in [9.17, 15) is 18.0 Å². The number of rotatable bonds is 7. The third-order valence-electron chi connectivity index (χ3n) is 5.15. The van der Waals surface area contributed by atoms with Gasteiger partial charge in [-0.1, -0.05) is 36.4 Å². The molecule has 2 aromatic rings. The van der Waals surface area contributed by atoms with Crippen LogP contribution in [0.25, 0.3) is 0 Å². The van der Waals surface area contributed by atoms with E-state index in [2.05, 4.69) is 21.0 Å². The number of nitrogens with one attached hydrogen (secondary N) is 1. The van der Waals surface area contributed by atoms with Crippen molar-refractivity contribution >= 4 is 6.03 Å². The fourth-order valence-electron chi connectivity index (χ4n) is 3.38. The average Bonchev–Trinajstić information content (AvgIpc) is 2.78. The molecule has 2 aromatic carbocycles. The summed E-state index contributed by atoms with van der Waals surface area (Å²) < 4.78 is 41.0. The van der Waals surface area contributed by atoms with Crippen molar-refractivity contribution < 1.29 is 22.7 Å². The third kappa shape index (κ3) is 7.55. The Balaban J connectivity index is 1.37. The monoisotopic (exact) mass is 446 g/mol. The van der Waals surface area contributed by atoms with Gasteiger partial charge in [-0.3, -0.25) is 4.90 Å². The first-order valence-electron chi connectivity index (χ1n) is 10.3. The molecule has 1 aliphatic rings. The van der Waals surface area contributed by atoms with Crippen molar-refractivity contribution in [3.8, 4) is 6.07 Å². The summed E-state index contributed by atoms with van der Waals surface area (Å²) in [5.74, 6) is 0. The van der Waals surface area contributed by atoms with Crippen LogP contribution in [-0.2, 0) is 24.4 Å². The van der Waals surface area contributed by atoms with Gasteiger partial charge < -0.3 is 15.0 Å². The second-order valence-electron chi connectivity index (χ2n) is 7.66. The number of alkyl halides is 3. The van der Waals surface area contributed by atoms with Crippen molar-refractivity contribution in [2.45, 2.75) is 25.9 Å². The van der Waals surface area contributed by atoms with Gasteiger partial charge in [0.05, 0.1) is 18.2 Å². The van der Waals surface area contributed by atoms with Crippen molar-refractivity contribution in [2.75, 3.05) is 32.8 Å². The van der Waals surface area contributed by atoms with Gasteiger partial charge in [0.25, 0.3) is 0 Å². The highest BCUT2D eigenvalue weighted by atomic mass is 19.4. The van der Waals surface area contributed by atoms with Crippen LogP contribution in [0.3, 0.4) is 0 Å². The van der Waals surface area contributed by atoms with E-state index in [0.717, 1.165) is 30.8 Å². The van der Waals surface area contributed by atoms with Gasteiger partial charge in [-0.2, -0.15) is 18.4 Å². The minimum atomic E-state index is -4.33. The second kappa shape index (κ2) is 11.0. The number of hydrogen-bond donors (Lipinski definition) is 1. The summed E-state index contributed by atoms with van der Waals surface area (Å²) >= 11 is 0. The molecular formula is C23H25F3N4O2. The summed E-state index contributed by atoms with van der Waals surface area (Å²) in [6.45, 7) is 2.51. The number of halogens is 3. The molecule has 1 aliphatic heterocycles. The van der Waals surface area contributed by atoms with Crippen molar-refractivity contribution in [3.05, 3.63) is 70.8 Å². The number of nitrogens with zero attached hydrogens (tertiary/aromatic N) is 3. The SMILES string of the molecule is N#Cc1ccc(CN2CCN(C(=O)NCc3ccc(COCC(F)(F)F)cc3)CC2)cc1. The number of ether oxygens (including phenoxy) is 1. The number of carbonyl (C=O) groups is 1. The lowest BCUT2D eigenvalue weighted by molar-refractivity contribution is -0.176. The number of urea groups is 1. The van der Waals surface area contributed by atoms with Crippen LogP contribution in [-0.4, -0.2) is 54.8 Å². The summed E-state index contributed by atoms with van der Waals surface area (Å²) in [5, 5.41) is 11.8. The van der Waals surface area contributed by atoms with E-state index in [1.807, 2.05) is 12.1 Å². The van der Waals surface area contributed by atoms with Crippen LogP contribution >= 0.6 is 0 Å². The molecule has 1 N–H and O–H groups in total. The molecule has 9 heteroatoms. The zero-order chi connectivity index (χ0) is 23.0. The van der Waals surface area contributed by atoms with Crippen LogP contribution in [0.4, 0.5) is 18.0 Å². The van der Waals surface area contributed by atoms with Crippen LogP contribution < -0.4 is 5.32 Å². The molecule has 0 bridgehead atoms. The Labute approximate surface area is 185 Å².